The quantitative estimate of drug-likeness (QED) is 0.831. The lowest BCUT2D eigenvalue weighted by molar-refractivity contribution is 0.138. The van der Waals surface area contributed by atoms with Crippen molar-refractivity contribution < 1.29 is 9.90 Å². The number of nitrogens with zero attached hydrogens (tertiary/aromatic N) is 3. The van der Waals surface area contributed by atoms with Gasteiger partial charge in [-0.25, -0.2) is 9.78 Å². The summed E-state index contributed by atoms with van der Waals surface area (Å²) in [5.74, 6) is 0. The minimum Gasteiger partial charge on any atom is -0.465 e. The first-order chi connectivity index (χ1) is 8.75. The van der Waals surface area contributed by atoms with Gasteiger partial charge in [-0.05, 0) is 12.8 Å². The van der Waals surface area contributed by atoms with Gasteiger partial charge in [0.2, 0.25) is 0 Å². The zero-order chi connectivity index (χ0) is 12.5. The Labute approximate surface area is 106 Å². The Balaban J connectivity index is 1.81. The van der Waals surface area contributed by atoms with Crippen molar-refractivity contribution in [2.24, 2.45) is 0 Å². The van der Waals surface area contributed by atoms with E-state index in [1.54, 1.807) is 0 Å². The van der Waals surface area contributed by atoms with Crippen LogP contribution in [-0.4, -0.2) is 32.2 Å². The predicted molar refractivity (Wildman–Crippen MR) is 66.5 cm³/mol. The zero-order valence-electron chi connectivity index (χ0n) is 10.5. The number of rotatable bonds is 1. The molecule has 0 spiro atoms. The van der Waals surface area contributed by atoms with Crippen LogP contribution in [0.1, 0.15) is 49.5 Å². The van der Waals surface area contributed by atoms with Crippen molar-refractivity contribution >= 4 is 6.09 Å². The molecule has 5 heteroatoms. The van der Waals surface area contributed by atoms with Crippen LogP contribution in [0, 0.1) is 0 Å². The molecule has 0 radical (unpaired) electrons. The molecule has 1 fully saturated rings. The maximum Gasteiger partial charge on any atom is 0.407 e. The topological polar surface area (TPSA) is 58.4 Å². The van der Waals surface area contributed by atoms with E-state index in [-0.39, 0.29) is 0 Å². The second-order valence-corrected chi connectivity index (χ2v) is 5.29. The lowest BCUT2D eigenvalue weighted by atomic mass is 9.95. The van der Waals surface area contributed by atoms with Crippen LogP contribution >= 0.6 is 0 Å². The largest absolute Gasteiger partial charge is 0.465 e. The van der Waals surface area contributed by atoms with Crippen LogP contribution in [0.15, 0.2) is 6.33 Å². The average molecular weight is 249 g/mol. The summed E-state index contributed by atoms with van der Waals surface area (Å²) in [6.45, 7) is 1.05. The first-order valence-corrected chi connectivity index (χ1v) is 6.78. The molecule has 0 aromatic carbocycles. The SMILES string of the molecule is O=C(O)N1CCc2c(ncn2C2CCCCC2)C1. The van der Waals surface area contributed by atoms with Gasteiger partial charge in [0.05, 0.1) is 18.6 Å². The molecule has 98 valence electrons. The molecule has 1 aliphatic carbocycles. The zero-order valence-corrected chi connectivity index (χ0v) is 10.5. The normalized spacial score (nSPS) is 20.8. The summed E-state index contributed by atoms with van der Waals surface area (Å²) in [4.78, 5) is 16.8. The number of amides is 1. The molecule has 0 unspecified atom stereocenters. The molecule has 2 aliphatic rings. The Hall–Kier alpha value is -1.52. The van der Waals surface area contributed by atoms with Crippen molar-refractivity contribution in [2.45, 2.75) is 51.1 Å². The second kappa shape index (κ2) is 4.63. The molecule has 0 bridgehead atoms. The summed E-state index contributed by atoms with van der Waals surface area (Å²) in [6.07, 6.45) is 8.33. The minimum absolute atomic E-state index is 0.449. The van der Waals surface area contributed by atoms with Crippen LogP contribution in [-0.2, 0) is 13.0 Å². The van der Waals surface area contributed by atoms with Crippen LogP contribution in [0.2, 0.25) is 0 Å². The highest BCUT2D eigenvalue weighted by Crippen LogP contribution is 2.31. The number of carbonyl (C=O) groups is 1. The first kappa shape index (κ1) is 11.6. The Morgan fingerprint density at radius 2 is 2.11 bits per heavy atom. The van der Waals surface area contributed by atoms with Crippen LogP contribution < -0.4 is 0 Å². The van der Waals surface area contributed by atoms with Crippen molar-refractivity contribution in [3.63, 3.8) is 0 Å². The van der Waals surface area contributed by atoms with Gasteiger partial charge in [-0.3, -0.25) is 0 Å². The first-order valence-electron chi connectivity index (χ1n) is 6.78. The molecular formula is C13H19N3O2. The van der Waals surface area contributed by atoms with Gasteiger partial charge in [0, 0.05) is 24.7 Å². The molecule has 3 rings (SSSR count). The summed E-state index contributed by atoms with van der Waals surface area (Å²) in [6, 6.07) is 0.589. The summed E-state index contributed by atoms with van der Waals surface area (Å²) >= 11 is 0. The lowest BCUT2D eigenvalue weighted by Gasteiger charge is -2.28. The molecule has 0 atom stereocenters. The van der Waals surface area contributed by atoms with E-state index in [0.29, 0.717) is 19.1 Å². The maximum absolute atomic E-state index is 11.0. The lowest BCUT2D eigenvalue weighted by Crippen LogP contribution is -2.35. The van der Waals surface area contributed by atoms with E-state index >= 15 is 0 Å². The van der Waals surface area contributed by atoms with Crippen LogP contribution in [0.25, 0.3) is 0 Å². The number of hydrogen-bond donors (Lipinski definition) is 1. The molecule has 5 nitrogen and oxygen atoms in total. The Morgan fingerprint density at radius 1 is 1.33 bits per heavy atom. The monoisotopic (exact) mass is 249 g/mol. The van der Waals surface area contributed by atoms with E-state index in [0.717, 1.165) is 12.1 Å². The molecule has 18 heavy (non-hydrogen) atoms. The number of hydrogen-bond acceptors (Lipinski definition) is 2. The van der Waals surface area contributed by atoms with E-state index in [1.165, 1.54) is 42.7 Å². The molecule has 2 heterocycles. The summed E-state index contributed by atoms with van der Waals surface area (Å²) in [5.41, 5.74) is 2.22. The van der Waals surface area contributed by atoms with Gasteiger partial charge in [-0.1, -0.05) is 19.3 Å². The molecule has 1 N–H and O–H groups in total. The van der Waals surface area contributed by atoms with E-state index in [2.05, 4.69) is 9.55 Å². The van der Waals surface area contributed by atoms with Gasteiger partial charge in [-0.15, -0.1) is 0 Å². The Morgan fingerprint density at radius 3 is 2.83 bits per heavy atom. The molecule has 1 aromatic rings. The molecular weight excluding hydrogens is 230 g/mol. The van der Waals surface area contributed by atoms with Gasteiger partial charge < -0.3 is 14.6 Å². The van der Waals surface area contributed by atoms with E-state index in [9.17, 15) is 4.79 Å². The highest BCUT2D eigenvalue weighted by atomic mass is 16.4. The van der Waals surface area contributed by atoms with Crippen molar-refractivity contribution in [1.29, 1.82) is 0 Å². The third-order valence-electron chi connectivity index (χ3n) is 4.18. The summed E-state index contributed by atoms with van der Waals surface area (Å²) in [5, 5.41) is 9.01. The van der Waals surface area contributed by atoms with Gasteiger partial charge in [0.15, 0.2) is 0 Å². The van der Waals surface area contributed by atoms with Gasteiger partial charge in [0.25, 0.3) is 0 Å². The fraction of sp³-hybridized carbons (Fsp3) is 0.692. The fourth-order valence-electron chi connectivity index (χ4n) is 3.17. The van der Waals surface area contributed by atoms with Crippen molar-refractivity contribution in [1.82, 2.24) is 14.5 Å². The Kier molecular flexibility index (Phi) is 2.97. The maximum atomic E-state index is 11.0. The van der Waals surface area contributed by atoms with E-state index < -0.39 is 6.09 Å². The highest BCUT2D eigenvalue weighted by molar-refractivity contribution is 5.65. The Bertz CT molecular complexity index is 449. The number of fused-ring (bicyclic) bond motifs is 1. The van der Waals surface area contributed by atoms with Crippen molar-refractivity contribution in [2.75, 3.05) is 6.54 Å². The van der Waals surface area contributed by atoms with E-state index in [4.69, 9.17) is 5.11 Å². The molecule has 1 saturated carbocycles. The van der Waals surface area contributed by atoms with Gasteiger partial charge >= 0.3 is 6.09 Å². The third kappa shape index (κ3) is 1.98. The molecule has 1 aromatic heterocycles. The van der Waals surface area contributed by atoms with Crippen molar-refractivity contribution in [3.05, 3.63) is 17.7 Å². The number of imidazole rings is 1. The fourth-order valence-corrected chi connectivity index (χ4v) is 3.17. The van der Waals surface area contributed by atoms with Crippen molar-refractivity contribution in [3.8, 4) is 0 Å². The third-order valence-corrected chi connectivity index (χ3v) is 4.18. The van der Waals surface area contributed by atoms with Gasteiger partial charge in [0.1, 0.15) is 0 Å². The van der Waals surface area contributed by atoms with E-state index in [1.807, 2.05) is 6.33 Å². The average Bonchev–Trinajstić information content (AvgIpc) is 2.82. The summed E-state index contributed by atoms with van der Waals surface area (Å²) in [7, 11) is 0. The molecule has 0 saturated heterocycles. The molecule has 1 aliphatic heterocycles. The van der Waals surface area contributed by atoms with Crippen LogP contribution in [0.4, 0.5) is 4.79 Å². The van der Waals surface area contributed by atoms with Crippen LogP contribution in [0.3, 0.4) is 0 Å². The van der Waals surface area contributed by atoms with Gasteiger partial charge in [-0.2, -0.15) is 0 Å². The minimum atomic E-state index is -0.840. The highest BCUT2D eigenvalue weighted by Gasteiger charge is 2.26. The summed E-state index contributed by atoms with van der Waals surface area (Å²) < 4.78 is 2.31. The standard InChI is InChI=1S/C13H19N3O2/c17-13(18)15-7-6-12-11(8-15)14-9-16(12)10-4-2-1-3-5-10/h9-10H,1-8H2,(H,17,18). The number of carboxylic acid groups (broad SMARTS) is 1. The molecule has 1 amide bonds. The predicted octanol–water partition coefficient (Wildman–Crippen LogP) is 2.42. The van der Waals surface area contributed by atoms with Crippen LogP contribution in [0.5, 0.6) is 0 Å². The second-order valence-electron chi connectivity index (χ2n) is 5.29. The number of aromatic nitrogens is 2. The smallest absolute Gasteiger partial charge is 0.407 e.